The quantitative estimate of drug-likeness (QED) is 0.891. The van der Waals surface area contributed by atoms with Gasteiger partial charge in [-0.05, 0) is 18.2 Å². The Bertz CT molecular complexity index is 621. The zero-order valence-electron chi connectivity index (χ0n) is 10.5. The van der Waals surface area contributed by atoms with Crippen LogP contribution >= 0.6 is 11.6 Å². The summed E-state index contributed by atoms with van der Waals surface area (Å²) in [5, 5.41) is 8.74. The van der Waals surface area contributed by atoms with Gasteiger partial charge in [-0.15, -0.1) is 0 Å². The standard InChI is InChI=1S/C12H13ClN2O4S/c13-11-5-9(6-14)1-2-12(11)20(16,17)15-7-10-8-18-3-4-19-10/h1-2,5,10,15H,3-4,7-8H2. The second-order valence-corrected chi connectivity index (χ2v) is 6.32. The third kappa shape index (κ3) is 3.69. The van der Waals surface area contributed by atoms with Crippen LogP contribution in [-0.4, -0.2) is 40.9 Å². The molecule has 2 rings (SSSR count). The summed E-state index contributed by atoms with van der Waals surface area (Å²) >= 11 is 5.89. The van der Waals surface area contributed by atoms with Gasteiger partial charge in [0.1, 0.15) is 4.90 Å². The second kappa shape index (κ2) is 6.52. The monoisotopic (exact) mass is 316 g/mol. The summed E-state index contributed by atoms with van der Waals surface area (Å²) in [5.41, 5.74) is 0.304. The summed E-state index contributed by atoms with van der Waals surface area (Å²) in [5.74, 6) is 0. The molecular formula is C12H13ClN2O4S. The van der Waals surface area contributed by atoms with Crippen LogP contribution in [0.15, 0.2) is 23.1 Å². The van der Waals surface area contributed by atoms with Crippen LogP contribution in [0.25, 0.3) is 0 Å². The van der Waals surface area contributed by atoms with Crippen molar-refractivity contribution in [1.82, 2.24) is 4.72 Å². The van der Waals surface area contributed by atoms with Crippen LogP contribution in [0, 0.1) is 11.3 Å². The fraction of sp³-hybridized carbons (Fsp3) is 0.417. The molecule has 1 aliphatic heterocycles. The Balaban J connectivity index is 2.08. The molecule has 1 aromatic carbocycles. The van der Waals surface area contributed by atoms with Gasteiger partial charge in [0.05, 0.1) is 42.6 Å². The SMILES string of the molecule is N#Cc1ccc(S(=O)(=O)NCC2COCCO2)c(Cl)c1. The van der Waals surface area contributed by atoms with Gasteiger partial charge in [0.2, 0.25) is 10.0 Å². The highest BCUT2D eigenvalue weighted by molar-refractivity contribution is 7.89. The van der Waals surface area contributed by atoms with E-state index in [9.17, 15) is 8.42 Å². The van der Waals surface area contributed by atoms with Gasteiger partial charge in [0.15, 0.2) is 0 Å². The molecule has 1 fully saturated rings. The molecule has 8 heteroatoms. The molecule has 0 bridgehead atoms. The zero-order chi connectivity index (χ0) is 14.6. The first kappa shape index (κ1) is 15.2. The topological polar surface area (TPSA) is 88.4 Å². The first-order valence-electron chi connectivity index (χ1n) is 5.91. The van der Waals surface area contributed by atoms with Gasteiger partial charge in [-0.3, -0.25) is 0 Å². The lowest BCUT2D eigenvalue weighted by Gasteiger charge is -2.23. The molecule has 6 nitrogen and oxygen atoms in total. The Morgan fingerprint density at radius 1 is 1.45 bits per heavy atom. The van der Waals surface area contributed by atoms with Crippen LogP contribution in [0.1, 0.15) is 5.56 Å². The van der Waals surface area contributed by atoms with Crippen molar-refractivity contribution < 1.29 is 17.9 Å². The van der Waals surface area contributed by atoms with E-state index in [1.807, 2.05) is 6.07 Å². The smallest absolute Gasteiger partial charge is 0.242 e. The number of ether oxygens (including phenoxy) is 2. The third-order valence-corrected chi connectivity index (χ3v) is 4.64. The highest BCUT2D eigenvalue weighted by atomic mass is 35.5. The summed E-state index contributed by atoms with van der Waals surface area (Å²) < 4.78 is 37.2. The summed E-state index contributed by atoms with van der Waals surface area (Å²) in [7, 11) is -3.74. The van der Waals surface area contributed by atoms with E-state index in [-0.39, 0.29) is 22.6 Å². The Labute approximate surface area is 122 Å². The van der Waals surface area contributed by atoms with E-state index in [0.29, 0.717) is 25.4 Å². The third-order valence-electron chi connectivity index (χ3n) is 2.74. The summed E-state index contributed by atoms with van der Waals surface area (Å²) in [6.07, 6.45) is -0.310. The molecule has 0 amide bonds. The highest BCUT2D eigenvalue weighted by Gasteiger charge is 2.21. The first-order valence-corrected chi connectivity index (χ1v) is 7.78. The number of hydrogen-bond acceptors (Lipinski definition) is 5. The number of sulfonamides is 1. The van der Waals surface area contributed by atoms with E-state index in [1.54, 1.807) is 0 Å². The van der Waals surface area contributed by atoms with Crippen LogP contribution < -0.4 is 4.72 Å². The number of nitriles is 1. The maximum atomic E-state index is 12.1. The number of nitrogens with zero attached hydrogens (tertiary/aromatic N) is 1. The maximum Gasteiger partial charge on any atom is 0.242 e. The average molecular weight is 317 g/mol. The van der Waals surface area contributed by atoms with Crippen molar-refractivity contribution in [2.75, 3.05) is 26.4 Å². The minimum absolute atomic E-state index is 0.0114. The number of halogens is 1. The Morgan fingerprint density at radius 2 is 2.25 bits per heavy atom. The van der Waals surface area contributed by atoms with Crippen LogP contribution in [0.3, 0.4) is 0 Å². The van der Waals surface area contributed by atoms with E-state index in [2.05, 4.69) is 4.72 Å². The van der Waals surface area contributed by atoms with Crippen molar-refractivity contribution in [2.24, 2.45) is 0 Å². The Morgan fingerprint density at radius 3 is 2.85 bits per heavy atom. The zero-order valence-corrected chi connectivity index (χ0v) is 12.1. The summed E-state index contributed by atoms with van der Waals surface area (Å²) in [6.45, 7) is 1.43. The lowest BCUT2D eigenvalue weighted by Crippen LogP contribution is -2.39. The predicted molar refractivity (Wildman–Crippen MR) is 71.9 cm³/mol. The van der Waals surface area contributed by atoms with E-state index in [1.165, 1.54) is 18.2 Å². The molecule has 0 aromatic heterocycles. The number of benzene rings is 1. The molecule has 0 aliphatic carbocycles. The second-order valence-electron chi connectivity index (χ2n) is 4.18. The molecule has 0 spiro atoms. The fourth-order valence-electron chi connectivity index (χ4n) is 1.72. The van der Waals surface area contributed by atoms with Crippen molar-refractivity contribution >= 4 is 21.6 Å². The van der Waals surface area contributed by atoms with Crippen LogP contribution in [0.5, 0.6) is 0 Å². The van der Waals surface area contributed by atoms with Gasteiger partial charge in [0, 0.05) is 6.54 Å². The van der Waals surface area contributed by atoms with Gasteiger partial charge in [0.25, 0.3) is 0 Å². The Kier molecular flexibility index (Phi) is 4.96. The molecule has 108 valence electrons. The van der Waals surface area contributed by atoms with Crippen molar-refractivity contribution in [2.45, 2.75) is 11.0 Å². The van der Waals surface area contributed by atoms with Crippen LogP contribution in [0.2, 0.25) is 5.02 Å². The lowest BCUT2D eigenvalue weighted by molar-refractivity contribution is -0.0846. The van der Waals surface area contributed by atoms with E-state index in [4.69, 9.17) is 26.3 Å². The molecule has 1 atom stereocenters. The maximum absolute atomic E-state index is 12.1. The number of nitrogens with one attached hydrogen (secondary N) is 1. The molecule has 20 heavy (non-hydrogen) atoms. The first-order chi connectivity index (χ1) is 9.53. The number of hydrogen-bond donors (Lipinski definition) is 1. The minimum Gasteiger partial charge on any atom is -0.376 e. The van der Waals surface area contributed by atoms with Gasteiger partial charge < -0.3 is 9.47 Å². The van der Waals surface area contributed by atoms with Crippen molar-refractivity contribution in [3.8, 4) is 6.07 Å². The van der Waals surface area contributed by atoms with E-state index >= 15 is 0 Å². The molecule has 1 aromatic rings. The molecule has 0 saturated carbocycles. The van der Waals surface area contributed by atoms with Gasteiger partial charge in [-0.25, -0.2) is 13.1 Å². The van der Waals surface area contributed by atoms with Crippen molar-refractivity contribution in [1.29, 1.82) is 5.26 Å². The minimum atomic E-state index is -3.74. The average Bonchev–Trinajstić information content (AvgIpc) is 2.46. The van der Waals surface area contributed by atoms with Crippen molar-refractivity contribution in [3.63, 3.8) is 0 Å². The summed E-state index contributed by atoms with van der Waals surface area (Å²) in [6, 6.07) is 5.92. The van der Waals surface area contributed by atoms with Gasteiger partial charge >= 0.3 is 0 Å². The van der Waals surface area contributed by atoms with Crippen LogP contribution in [-0.2, 0) is 19.5 Å². The Hall–Kier alpha value is -1.17. The molecule has 1 heterocycles. The van der Waals surface area contributed by atoms with Crippen LogP contribution in [0.4, 0.5) is 0 Å². The lowest BCUT2D eigenvalue weighted by atomic mass is 10.2. The van der Waals surface area contributed by atoms with Crippen molar-refractivity contribution in [3.05, 3.63) is 28.8 Å². The summed E-state index contributed by atoms with van der Waals surface area (Å²) in [4.78, 5) is -0.0603. The van der Waals surface area contributed by atoms with E-state index in [0.717, 1.165) is 0 Å². The number of rotatable bonds is 4. The molecule has 1 unspecified atom stereocenters. The fourth-order valence-corrected chi connectivity index (χ4v) is 3.33. The molecule has 1 saturated heterocycles. The highest BCUT2D eigenvalue weighted by Crippen LogP contribution is 2.22. The molecule has 0 radical (unpaired) electrons. The molecule has 1 N–H and O–H groups in total. The predicted octanol–water partition coefficient (Wildman–Crippen LogP) is 0.905. The largest absolute Gasteiger partial charge is 0.376 e. The van der Waals surface area contributed by atoms with Gasteiger partial charge in [-0.1, -0.05) is 11.6 Å². The molecule has 1 aliphatic rings. The van der Waals surface area contributed by atoms with E-state index < -0.39 is 10.0 Å². The van der Waals surface area contributed by atoms with Gasteiger partial charge in [-0.2, -0.15) is 5.26 Å². The normalized spacial score (nSPS) is 19.5. The molecular weight excluding hydrogens is 304 g/mol.